The van der Waals surface area contributed by atoms with Crippen molar-refractivity contribution in [2.75, 3.05) is 24.5 Å². The number of carbonyl (C=O) groups is 1. The molecule has 1 atom stereocenters. The number of benzene rings is 1. The lowest BCUT2D eigenvalue weighted by Gasteiger charge is -2.36. The van der Waals surface area contributed by atoms with E-state index in [2.05, 4.69) is 30.4 Å². The highest BCUT2D eigenvalue weighted by Gasteiger charge is 2.31. The molecule has 110 valence electrons. The van der Waals surface area contributed by atoms with Crippen LogP contribution in [0.1, 0.15) is 25.3 Å². The van der Waals surface area contributed by atoms with Crippen LogP contribution in [0.15, 0.2) is 24.3 Å². The summed E-state index contributed by atoms with van der Waals surface area (Å²) in [6.45, 7) is 5.06. The smallest absolute Gasteiger partial charge is 0.230 e. The molecule has 2 aliphatic heterocycles. The quantitative estimate of drug-likeness (QED) is 0.863. The monoisotopic (exact) mass is 294 g/mol. The Morgan fingerprint density at radius 2 is 1.95 bits per heavy atom. The van der Waals surface area contributed by atoms with E-state index in [9.17, 15) is 4.79 Å². The van der Waals surface area contributed by atoms with Crippen molar-refractivity contribution in [3.05, 3.63) is 29.8 Å². The normalized spacial score (nSPS) is 22.9. The molecule has 0 radical (unpaired) electrons. The van der Waals surface area contributed by atoms with Crippen LogP contribution in [0.4, 0.5) is 5.69 Å². The van der Waals surface area contributed by atoms with E-state index in [1.165, 1.54) is 5.56 Å². The van der Waals surface area contributed by atoms with Gasteiger partial charge < -0.3 is 10.2 Å². The lowest BCUT2D eigenvalue weighted by atomic mass is 9.90. The van der Waals surface area contributed by atoms with Gasteiger partial charge in [0.2, 0.25) is 5.91 Å². The van der Waals surface area contributed by atoms with Gasteiger partial charge in [0.25, 0.3) is 0 Å². The minimum absolute atomic E-state index is 0. The Morgan fingerprint density at radius 1 is 1.25 bits per heavy atom. The van der Waals surface area contributed by atoms with Crippen LogP contribution < -0.4 is 10.2 Å². The summed E-state index contributed by atoms with van der Waals surface area (Å²) >= 11 is 0. The average molecular weight is 295 g/mol. The first-order valence-electron chi connectivity index (χ1n) is 7.35. The molecule has 3 nitrogen and oxygen atoms in total. The molecule has 1 aromatic carbocycles. The van der Waals surface area contributed by atoms with Gasteiger partial charge in [0, 0.05) is 18.2 Å². The first kappa shape index (κ1) is 15.3. The van der Waals surface area contributed by atoms with Crippen LogP contribution in [0.3, 0.4) is 0 Å². The Kier molecular flexibility index (Phi) is 5.06. The van der Waals surface area contributed by atoms with Gasteiger partial charge in [0.15, 0.2) is 0 Å². The van der Waals surface area contributed by atoms with E-state index in [1.54, 1.807) is 0 Å². The zero-order valence-corrected chi connectivity index (χ0v) is 12.8. The maximum Gasteiger partial charge on any atom is 0.230 e. The summed E-state index contributed by atoms with van der Waals surface area (Å²) in [5, 5.41) is 3.33. The van der Waals surface area contributed by atoms with Crippen molar-refractivity contribution in [3.63, 3.8) is 0 Å². The number of rotatable bonds is 1. The number of nitrogens with zero attached hydrogens (tertiary/aromatic N) is 1. The number of carbonyl (C=O) groups excluding carboxylic acids is 1. The fraction of sp³-hybridized carbons (Fsp3) is 0.562. The van der Waals surface area contributed by atoms with E-state index < -0.39 is 0 Å². The largest absolute Gasteiger partial charge is 0.317 e. The molecule has 20 heavy (non-hydrogen) atoms. The SMILES string of the molecule is CC1Cc2ccccc2N(C(=O)C2CCNCC2)C1.Cl. The number of halogens is 1. The minimum atomic E-state index is 0. The van der Waals surface area contributed by atoms with Gasteiger partial charge in [-0.3, -0.25) is 4.79 Å². The highest BCUT2D eigenvalue weighted by atomic mass is 35.5. The molecular formula is C16H23ClN2O. The number of amides is 1. The Labute approximate surface area is 127 Å². The van der Waals surface area contributed by atoms with Crippen LogP contribution in [-0.2, 0) is 11.2 Å². The standard InChI is InChI=1S/C16H22N2O.ClH/c1-12-10-14-4-2-3-5-15(14)18(11-12)16(19)13-6-8-17-9-7-13;/h2-5,12-13,17H,6-11H2,1H3;1H. The third-order valence-electron chi connectivity index (χ3n) is 4.30. The third-order valence-corrected chi connectivity index (χ3v) is 4.30. The second-order valence-electron chi connectivity index (χ2n) is 5.91. The number of piperidine rings is 1. The summed E-state index contributed by atoms with van der Waals surface area (Å²) in [5.41, 5.74) is 2.47. The van der Waals surface area contributed by atoms with Crippen molar-refractivity contribution in [2.45, 2.75) is 26.2 Å². The molecule has 1 fully saturated rings. The van der Waals surface area contributed by atoms with E-state index in [1.807, 2.05) is 11.0 Å². The van der Waals surface area contributed by atoms with Crippen LogP contribution in [0.5, 0.6) is 0 Å². The first-order chi connectivity index (χ1) is 9.25. The summed E-state index contributed by atoms with van der Waals surface area (Å²) < 4.78 is 0. The summed E-state index contributed by atoms with van der Waals surface area (Å²) in [5.74, 6) is 1.10. The molecule has 0 aromatic heterocycles. The predicted octanol–water partition coefficient (Wildman–Crippen LogP) is 2.63. The Morgan fingerprint density at radius 3 is 2.70 bits per heavy atom. The fourth-order valence-corrected chi connectivity index (χ4v) is 3.29. The third kappa shape index (κ3) is 2.99. The van der Waals surface area contributed by atoms with E-state index in [-0.39, 0.29) is 18.3 Å². The molecule has 0 aliphatic carbocycles. The summed E-state index contributed by atoms with van der Waals surface area (Å²) in [4.78, 5) is 14.8. The molecule has 1 aromatic rings. The Hall–Kier alpha value is -1.06. The number of fused-ring (bicyclic) bond motifs is 1. The maximum absolute atomic E-state index is 12.8. The van der Waals surface area contributed by atoms with Gasteiger partial charge in [-0.1, -0.05) is 25.1 Å². The summed E-state index contributed by atoms with van der Waals surface area (Å²) in [7, 11) is 0. The van der Waals surface area contributed by atoms with Gasteiger partial charge in [-0.05, 0) is 49.9 Å². The number of hydrogen-bond donors (Lipinski definition) is 1. The second-order valence-corrected chi connectivity index (χ2v) is 5.91. The van der Waals surface area contributed by atoms with Gasteiger partial charge in [-0.25, -0.2) is 0 Å². The van der Waals surface area contributed by atoms with Crippen LogP contribution in [0.2, 0.25) is 0 Å². The van der Waals surface area contributed by atoms with Crippen molar-refractivity contribution >= 4 is 24.0 Å². The molecule has 0 bridgehead atoms. The molecule has 1 saturated heterocycles. The van der Waals surface area contributed by atoms with Crippen LogP contribution in [0.25, 0.3) is 0 Å². The molecule has 0 spiro atoms. The van der Waals surface area contributed by atoms with Gasteiger partial charge >= 0.3 is 0 Å². The van der Waals surface area contributed by atoms with Crippen LogP contribution in [-0.4, -0.2) is 25.5 Å². The second kappa shape index (κ2) is 6.59. The predicted molar refractivity (Wildman–Crippen MR) is 84.5 cm³/mol. The average Bonchev–Trinajstić information content (AvgIpc) is 2.46. The first-order valence-corrected chi connectivity index (χ1v) is 7.35. The molecule has 2 heterocycles. The molecule has 2 aliphatic rings. The van der Waals surface area contributed by atoms with E-state index in [4.69, 9.17) is 0 Å². The van der Waals surface area contributed by atoms with E-state index in [0.717, 1.165) is 44.6 Å². The van der Waals surface area contributed by atoms with E-state index in [0.29, 0.717) is 11.8 Å². The van der Waals surface area contributed by atoms with Gasteiger partial charge in [0.05, 0.1) is 0 Å². The number of nitrogens with one attached hydrogen (secondary N) is 1. The van der Waals surface area contributed by atoms with Crippen molar-refractivity contribution in [1.82, 2.24) is 5.32 Å². The number of anilines is 1. The highest BCUT2D eigenvalue weighted by molar-refractivity contribution is 5.96. The zero-order valence-electron chi connectivity index (χ0n) is 12.0. The summed E-state index contributed by atoms with van der Waals surface area (Å²) in [6, 6.07) is 8.37. The molecular weight excluding hydrogens is 272 g/mol. The van der Waals surface area contributed by atoms with Crippen molar-refractivity contribution in [3.8, 4) is 0 Å². The van der Waals surface area contributed by atoms with Crippen LogP contribution >= 0.6 is 12.4 Å². The van der Waals surface area contributed by atoms with Crippen LogP contribution in [0, 0.1) is 11.8 Å². The highest BCUT2D eigenvalue weighted by Crippen LogP contribution is 2.31. The molecule has 1 amide bonds. The molecule has 4 heteroatoms. The lowest BCUT2D eigenvalue weighted by molar-refractivity contribution is -0.123. The number of para-hydroxylation sites is 1. The van der Waals surface area contributed by atoms with Crippen molar-refractivity contribution in [1.29, 1.82) is 0 Å². The van der Waals surface area contributed by atoms with Crippen molar-refractivity contribution < 1.29 is 4.79 Å². The van der Waals surface area contributed by atoms with Gasteiger partial charge in [-0.15, -0.1) is 12.4 Å². The summed E-state index contributed by atoms with van der Waals surface area (Å²) in [6.07, 6.45) is 3.05. The number of hydrogen-bond acceptors (Lipinski definition) is 2. The zero-order chi connectivity index (χ0) is 13.2. The fourth-order valence-electron chi connectivity index (χ4n) is 3.29. The lowest BCUT2D eigenvalue weighted by Crippen LogP contribution is -2.45. The topological polar surface area (TPSA) is 32.3 Å². The molecule has 1 N–H and O–H groups in total. The molecule has 0 saturated carbocycles. The van der Waals surface area contributed by atoms with Crippen molar-refractivity contribution in [2.24, 2.45) is 11.8 Å². The van der Waals surface area contributed by atoms with Gasteiger partial charge in [0.1, 0.15) is 0 Å². The van der Waals surface area contributed by atoms with E-state index >= 15 is 0 Å². The minimum Gasteiger partial charge on any atom is -0.317 e. The Bertz CT molecular complexity index is 471. The molecule has 1 unspecified atom stereocenters. The van der Waals surface area contributed by atoms with Gasteiger partial charge in [-0.2, -0.15) is 0 Å². The molecule has 3 rings (SSSR count). The maximum atomic E-state index is 12.8. The Balaban J connectivity index is 0.00000147.